The third-order valence-electron chi connectivity index (χ3n) is 5.28. The first-order valence-corrected chi connectivity index (χ1v) is 8.83. The van der Waals surface area contributed by atoms with Crippen LogP contribution in [0.5, 0.6) is 0 Å². The molecule has 0 saturated carbocycles. The minimum atomic E-state index is -0.379. The lowest BCUT2D eigenvalue weighted by Gasteiger charge is -2.29. The molecule has 0 radical (unpaired) electrons. The van der Waals surface area contributed by atoms with Gasteiger partial charge in [-0.1, -0.05) is 30.3 Å². The van der Waals surface area contributed by atoms with E-state index in [0.29, 0.717) is 25.0 Å². The molecule has 2 aromatic rings. The number of nitro benzene ring substituents is 1. The van der Waals surface area contributed by atoms with Gasteiger partial charge < -0.3 is 4.74 Å². The van der Waals surface area contributed by atoms with E-state index in [9.17, 15) is 14.9 Å². The Balaban J connectivity index is 1.79. The Bertz CT molecular complexity index is 859. The lowest BCUT2D eigenvalue weighted by Crippen LogP contribution is -2.31. The quantitative estimate of drug-likeness (QED) is 0.464. The number of nitro groups is 1. The fourth-order valence-corrected chi connectivity index (χ4v) is 3.49. The fraction of sp³-hybridized carbons (Fsp3) is 0.381. The van der Waals surface area contributed by atoms with Gasteiger partial charge in [-0.2, -0.15) is 0 Å². The van der Waals surface area contributed by atoms with Crippen molar-refractivity contribution in [3.63, 3.8) is 0 Å². The summed E-state index contributed by atoms with van der Waals surface area (Å²) in [5, 5.41) is 11.1. The second-order valence-electron chi connectivity index (χ2n) is 7.19. The number of hydrogen-bond acceptors (Lipinski definition) is 4. The maximum atomic E-state index is 12.2. The van der Waals surface area contributed by atoms with E-state index in [2.05, 4.69) is 32.0 Å². The summed E-state index contributed by atoms with van der Waals surface area (Å²) >= 11 is 0. The van der Waals surface area contributed by atoms with Crippen molar-refractivity contribution < 1.29 is 14.5 Å². The fourth-order valence-electron chi connectivity index (χ4n) is 3.49. The monoisotopic (exact) mass is 353 g/mol. The molecule has 0 spiro atoms. The van der Waals surface area contributed by atoms with E-state index in [1.54, 1.807) is 19.1 Å². The first kappa shape index (κ1) is 18.1. The van der Waals surface area contributed by atoms with Crippen LogP contribution in [0.1, 0.15) is 40.2 Å². The van der Waals surface area contributed by atoms with Crippen molar-refractivity contribution in [2.24, 2.45) is 5.92 Å². The molecular formula is C21H23NO4. The van der Waals surface area contributed by atoms with E-state index in [-0.39, 0.29) is 28.4 Å². The molecule has 0 aromatic heterocycles. The number of nitrogens with zero attached hydrogens (tertiary/aromatic N) is 1. The van der Waals surface area contributed by atoms with Crippen molar-refractivity contribution in [3.8, 4) is 0 Å². The van der Waals surface area contributed by atoms with Gasteiger partial charge >= 0.3 is 5.97 Å². The highest BCUT2D eigenvalue weighted by Gasteiger charge is 2.32. The average Bonchev–Trinajstić information content (AvgIpc) is 2.60. The summed E-state index contributed by atoms with van der Waals surface area (Å²) < 4.78 is 5.43. The second-order valence-corrected chi connectivity index (χ2v) is 7.19. The molecule has 1 fully saturated rings. The van der Waals surface area contributed by atoms with Crippen LogP contribution in [-0.2, 0) is 16.0 Å². The molecule has 1 heterocycles. The summed E-state index contributed by atoms with van der Waals surface area (Å²) in [7, 11) is 0. The van der Waals surface area contributed by atoms with E-state index in [1.807, 2.05) is 6.07 Å². The number of ether oxygens (including phenoxy) is 1. The van der Waals surface area contributed by atoms with E-state index < -0.39 is 0 Å². The van der Waals surface area contributed by atoms with Crippen molar-refractivity contribution >= 4 is 11.7 Å². The Kier molecular flexibility index (Phi) is 5.07. The number of carbonyl (C=O) groups excluding carboxylic acids is 1. The Labute approximate surface area is 153 Å². The van der Waals surface area contributed by atoms with Gasteiger partial charge in [0.15, 0.2) is 0 Å². The highest BCUT2D eigenvalue weighted by atomic mass is 16.6. The molecule has 2 atom stereocenters. The first-order chi connectivity index (χ1) is 12.3. The molecule has 2 aromatic carbocycles. The zero-order valence-corrected chi connectivity index (χ0v) is 15.3. The molecule has 3 rings (SSSR count). The zero-order chi connectivity index (χ0) is 18.8. The van der Waals surface area contributed by atoms with Crippen LogP contribution in [0.2, 0.25) is 0 Å². The molecular weight excluding hydrogens is 330 g/mol. The zero-order valence-electron chi connectivity index (χ0n) is 15.3. The first-order valence-electron chi connectivity index (χ1n) is 8.83. The van der Waals surface area contributed by atoms with Gasteiger partial charge in [-0.25, -0.2) is 0 Å². The van der Waals surface area contributed by atoms with Gasteiger partial charge in [0.25, 0.3) is 5.69 Å². The van der Waals surface area contributed by atoms with Gasteiger partial charge in [-0.3, -0.25) is 14.9 Å². The Hall–Kier alpha value is -2.69. The normalized spacial score (nSPS) is 19.9. The summed E-state index contributed by atoms with van der Waals surface area (Å²) in [6, 6.07) is 11.5. The summed E-state index contributed by atoms with van der Waals surface area (Å²) in [6.45, 7) is 6.27. The molecule has 2 unspecified atom stereocenters. The number of rotatable bonds is 4. The van der Waals surface area contributed by atoms with Crippen LogP contribution < -0.4 is 0 Å². The molecule has 1 saturated heterocycles. The number of cyclic esters (lactones) is 1. The standard InChI is InChI=1S/C21H23NO4/c1-13-5-7-17(8-15(13)3)19-11-18(21(23)26-12-19)9-16-6-4-14(2)20(10-16)22(24)25/h4-8,10,18-19H,9,11-12H2,1-3H3. The van der Waals surface area contributed by atoms with E-state index >= 15 is 0 Å². The maximum Gasteiger partial charge on any atom is 0.309 e. The van der Waals surface area contributed by atoms with Crippen LogP contribution in [0.3, 0.4) is 0 Å². The minimum absolute atomic E-state index is 0.0948. The topological polar surface area (TPSA) is 69.4 Å². The number of esters is 1. The lowest BCUT2D eigenvalue weighted by molar-refractivity contribution is -0.385. The van der Waals surface area contributed by atoms with E-state index in [1.165, 1.54) is 16.7 Å². The summed E-state index contributed by atoms with van der Waals surface area (Å²) in [5.74, 6) is -0.330. The smallest absolute Gasteiger partial charge is 0.309 e. The minimum Gasteiger partial charge on any atom is -0.465 e. The highest BCUT2D eigenvalue weighted by Crippen LogP contribution is 2.33. The molecule has 0 bridgehead atoms. The number of benzene rings is 2. The summed E-state index contributed by atoms with van der Waals surface area (Å²) in [6.07, 6.45) is 1.16. The predicted molar refractivity (Wildman–Crippen MR) is 99.3 cm³/mol. The molecule has 0 aliphatic carbocycles. The Morgan fingerprint density at radius 3 is 2.50 bits per heavy atom. The van der Waals surface area contributed by atoms with Crippen molar-refractivity contribution in [2.75, 3.05) is 6.61 Å². The number of carbonyl (C=O) groups is 1. The predicted octanol–water partition coefficient (Wildman–Crippen LogP) is 4.41. The van der Waals surface area contributed by atoms with Gasteiger partial charge in [0.2, 0.25) is 0 Å². The van der Waals surface area contributed by atoms with Crippen LogP contribution in [0.25, 0.3) is 0 Å². The van der Waals surface area contributed by atoms with E-state index in [4.69, 9.17) is 4.74 Å². The van der Waals surface area contributed by atoms with Crippen molar-refractivity contribution in [1.29, 1.82) is 0 Å². The van der Waals surface area contributed by atoms with Gasteiger partial charge in [0, 0.05) is 17.5 Å². The van der Waals surface area contributed by atoms with Gasteiger partial charge in [0.05, 0.1) is 17.4 Å². The van der Waals surface area contributed by atoms with Gasteiger partial charge in [-0.05, 0) is 55.9 Å². The molecule has 5 nitrogen and oxygen atoms in total. The van der Waals surface area contributed by atoms with Crippen LogP contribution in [0.4, 0.5) is 5.69 Å². The molecule has 1 aliphatic heterocycles. The molecule has 0 amide bonds. The van der Waals surface area contributed by atoms with Crippen molar-refractivity contribution in [1.82, 2.24) is 0 Å². The maximum absolute atomic E-state index is 12.2. The summed E-state index contributed by atoms with van der Waals surface area (Å²) in [5.41, 5.74) is 5.16. The van der Waals surface area contributed by atoms with Crippen LogP contribution >= 0.6 is 0 Å². The highest BCUT2D eigenvalue weighted by molar-refractivity contribution is 5.74. The number of hydrogen-bond donors (Lipinski definition) is 0. The van der Waals surface area contributed by atoms with Gasteiger partial charge in [0.1, 0.15) is 0 Å². The third kappa shape index (κ3) is 3.77. The molecule has 1 aliphatic rings. The van der Waals surface area contributed by atoms with Crippen LogP contribution in [0, 0.1) is 36.8 Å². The average molecular weight is 353 g/mol. The van der Waals surface area contributed by atoms with Crippen LogP contribution in [0.15, 0.2) is 36.4 Å². The molecule has 5 heteroatoms. The Morgan fingerprint density at radius 1 is 1.08 bits per heavy atom. The van der Waals surface area contributed by atoms with Crippen molar-refractivity contribution in [3.05, 3.63) is 74.3 Å². The van der Waals surface area contributed by atoms with Gasteiger partial charge in [-0.15, -0.1) is 0 Å². The Morgan fingerprint density at radius 2 is 1.81 bits per heavy atom. The SMILES string of the molecule is Cc1ccc(C2COC(=O)C(Cc3ccc(C)c([N+](=O)[O-])c3)C2)cc1C. The molecule has 136 valence electrons. The molecule has 0 N–H and O–H groups in total. The third-order valence-corrected chi connectivity index (χ3v) is 5.28. The number of aryl methyl sites for hydroxylation is 3. The second kappa shape index (κ2) is 7.28. The van der Waals surface area contributed by atoms with Crippen molar-refractivity contribution in [2.45, 2.75) is 39.5 Å². The van der Waals surface area contributed by atoms with Crippen LogP contribution in [-0.4, -0.2) is 17.5 Å². The summed E-state index contributed by atoms with van der Waals surface area (Å²) in [4.78, 5) is 23.0. The molecule has 26 heavy (non-hydrogen) atoms. The largest absolute Gasteiger partial charge is 0.465 e. The van der Waals surface area contributed by atoms with E-state index in [0.717, 1.165) is 5.56 Å². The lowest BCUT2D eigenvalue weighted by atomic mass is 9.83.